The Labute approximate surface area is 116 Å². The van der Waals surface area contributed by atoms with E-state index in [1.54, 1.807) is 12.3 Å². The Bertz CT molecular complexity index is 726. The molecule has 0 aliphatic heterocycles. The van der Waals surface area contributed by atoms with Crippen LogP contribution in [0.4, 0.5) is 0 Å². The third-order valence-electron chi connectivity index (χ3n) is 3.02. The lowest BCUT2D eigenvalue weighted by atomic mass is 10.1. The van der Waals surface area contributed by atoms with Gasteiger partial charge in [0.15, 0.2) is 5.43 Å². The van der Waals surface area contributed by atoms with E-state index in [0.717, 1.165) is 16.9 Å². The maximum Gasteiger partial charge on any atom is 0.186 e. The van der Waals surface area contributed by atoms with Gasteiger partial charge in [0.2, 0.25) is 0 Å². The molecular weight excluding hydrogens is 260 g/mol. The molecule has 19 heavy (non-hydrogen) atoms. The van der Waals surface area contributed by atoms with E-state index in [0.29, 0.717) is 10.6 Å². The molecule has 0 aliphatic rings. The Hall–Kier alpha value is -2.05. The Balaban J connectivity index is 2.68. The molecule has 0 fully saturated rings. The van der Waals surface area contributed by atoms with Crippen LogP contribution in [0.15, 0.2) is 35.3 Å². The van der Waals surface area contributed by atoms with Crippen molar-refractivity contribution in [3.63, 3.8) is 0 Å². The minimum Gasteiger partial charge on any atom is -0.320 e. The van der Waals surface area contributed by atoms with Crippen LogP contribution in [0.1, 0.15) is 16.8 Å². The second-order valence-electron chi connectivity index (χ2n) is 4.44. The Kier molecular flexibility index (Phi) is 3.73. The number of hydrogen-bond donors (Lipinski definition) is 0. The molecule has 0 saturated heterocycles. The van der Waals surface area contributed by atoms with Crippen LogP contribution < -0.4 is 5.43 Å². The van der Waals surface area contributed by atoms with Crippen LogP contribution in [0.2, 0.25) is 5.02 Å². The highest BCUT2D eigenvalue weighted by Crippen LogP contribution is 2.20. The molecule has 0 atom stereocenters. The zero-order valence-electron chi connectivity index (χ0n) is 10.8. The number of aromatic nitrogens is 1. The Morgan fingerprint density at radius 2 is 2.05 bits per heavy atom. The topological polar surface area (TPSA) is 45.8 Å². The molecule has 0 unspecified atom stereocenters. The zero-order chi connectivity index (χ0) is 14.0. The number of rotatable bonds is 2. The highest BCUT2D eigenvalue weighted by molar-refractivity contribution is 6.30. The van der Waals surface area contributed by atoms with Crippen LogP contribution >= 0.6 is 11.6 Å². The van der Waals surface area contributed by atoms with Gasteiger partial charge in [-0.2, -0.15) is 5.26 Å². The van der Waals surface area contributed by atoms with Crippen molar-refractivity contribution in [3.05, 3.63) is 62.5 Å². The van der Waals surface area contributed by atoms with Crippen molar-refractivity contribution in [3.8, 4) is 11.8 Å². The zero-order valence-corrected chi connectivity index (χ0v) is 11.5. The predicted octanol–water partition coefficient (Wildman–Crippen LogP) is 3.17. The van der Waals surface area contributed by atoms with Gasteiger partial charge in [-0.3, -0.25) is 4.79 Å². The molecule has 1 heterocycles. The summed E-state index contributed by atoms with van der Waals surface area (Å²) in [5.74, 6) is 0. The molecule has 4 heteroatoms. The van der Waals surface area contributed by atoms with Gasteiger partial charge in [0.25, 0.3) is 0 Å². The third kappa shape index (κ3) is 2.69. The Morgan fingerprint density at radius 3 is 2.74 bits per heavy atom. The van der Waals surface area contributed by atoms with Gasteiger partial charge in [0.05, 0.1) is 12.5 Å². The molecule has 96 valence electrons. The lowest BCUT2D eigenvalue weighted by Gasteiger charge is -2.14. The second kappa shape index (κ2) is 5.29. The number of benzene rings is 1. The molecule has 2 aromatic rings. The molecule has 0 N–H and O–H groups in total. The summed E-state index contributed by atoms with van der Waals surface area (Å²) in [5, 5.41) is 9.39. The molecule has 0 amide bonds. The van der Waals surface area contributed by atoms with Crippen LogP contribution in [0.3, 0.4) is 0 Å². The number of halogens is 1. The van der Waals surface area contributed by atoms with Crippen molar-refractivity contribution >= 4 is 11.6 Å². The van der Waals surface area contributed by atoms with Gasteiger partial charge in [-0.25, -0.2) is 0 Å². The van der Waals surface area contributed by atoms with Crippen molar-refractivity contribution in [1.82, 2.24) is 4.57 Å². The predicted molar refractivity (Wildman–Crippen MR) is 75.8 cm³/mol. The van der Waals surface area contributed by atoms with Crippen LogP contribution in [0, 0.1) is 25.2 Å². The van der Waals surface area contributed by atoms with Crippen molar-refractivity contribution < 1.29 is 0 Å². The molecule has 2 rings (SSSR count). The van der Waals surface area contributed by atoms with Gasteiger partial charge >= 0.3 is 0 Å². The fourth-order valence-electron chi connectivity index (χ4n) is 1.99. The van der Waals surface area contributed by atoms with E-state index in [2.05, 4.69) is 0 Å². The first-order valence-electron chi connectivity index (χ1n) is 5.88. The molecule has 0 spiro atoms. The van der Waals surface area contributed by atoms with Crippen LogP contribution in [-0.4, -0.2) is 4.57 Å². The minimum atomic E-state index is -0.102. The highest BCUT2D eigenvalue weighted by atomic mass is 35.5. The first-order valence-corrected chi connectivity index (χ1v) is 6.26. The van der Waals surface area contributed by atoms with E-state index in [-0.39, 0.29) is 11.8 Å². The minimum absolute atomic E-state index is 0.102. The Morgan fingerprint density at radius 1 is 1.32 bits per heavy atom. The molecule has 3 nitrogen and oxygen atoms in total. The average molecular weight is 273 g/mol. The standard InChI is InChI=1S/C15H13ClN2O/c1-10-3-4-13(16)8-14(10)18-9-12(5-6-17)15(19)7-11(18)2/h3-4,7-9H,5H2,1-2H3. The van der Waals surface area contributed by atoms with E-state index in [4.69, 9.17) is 16.9 Å². The van der Waals surface area contributed by atoms with E-state index < -0.39 is 0 Å². The SMILES string of the molecule is Cc1ccc(Cl)cc1-n1cc(CC#N)c(=O)cc1C. The second-order valence-corrected chi connectivity index (χ2v) is 4.88. The monoisotopic (exact) mass is 272 g/mol. The summed E-state index contributed by atoms with van der Waals surface area (Å²) in [6, 6.07) is 9.17. The fourth-order valence-corrected chi connectivity index (χ4v) is 2.16. The number of pyridine rings is 1. The summed E-state index contributed by atoms with van der Waals surface area (Å²) in [7, 11) is 0. The van der Waals surface area contributed by atoms with E-state index in [1.807, 2.05) is 42.7 Å². The smallest absolute Gasteiger partial charge is 0.186 e. The summed E-state index contributed by atoms with van der Waals surface area (Å²) in [6.45, 7) is 3.84. The van der Waals surface area contributed by atoms with E-state index >= 15 is 0 Å². The first-order chi connectivity index (χ1) is 9.02. The lowest BCUT2D eigenvalue weighted by molar-refractivity contribution is 0.940. The van der Waals surface area contributed by atoms with Gasteiger partial charge in [-0.05, 0) is 31.5 Å². The van der Waals surface area contributed by atoms with Crippen molar-refractivity contribution in [2.24, 2.45) is 0 Å². The van der Waals surface area contributed by atoms with Gasteiger partial charge in [-0.15, -0.1) is 0 Å². The van der Waals surface area contributed by atoms with Crippen LogP contribution in [-0.2, 0) is 6.42 Å². The number of aryl methyl sites for hydroxylation is 2. The first kappa shape index (κ1) is 13.4. The van der Waals surface area contributed by atoms with E-state index in [1.165, 1.54) is 0 Å². The fraction of sp³-hybridized carbons (Fsp3) is 0.200. The third-order valence-corrected chi connectivity index (χ3v) is 3.26. The maximum atomic E-state index is 11.8. The normalized spacial score (nSPS) is 10.2. The molecule has 0 saturated carbocycles. The van der Waals surface area contributed by atoms with Crippen LogP contribution in [0.5, 0.6) is 0 Å². The van der Waals surface area contributed by atoms with Gasteiger partial charge in [0.1, 0.15) is 0 Å². The van der Waals surface area contributed by atoms with Crippen LogP contribution in [0.25, 0.3) is 5.69 Å². The van der Waals surface area contributed by atoms with Crippen molar-refractivity contribution in [2.45, 2.75) is 20.3 Å². The van der Waals surface area contributed by atoms with Gasteiger partial charge in [-0.1, -0.05) is 17.7 Å². The quantitative estimate of drug-likeness (QED) is 0.843. The number of hydrogen-bond acceptors (Lipinski definition) is 2. The molecule has 0 bridgehead atoms. The number of nitrogens with zero attached hydrogens (tertiary/aromatic N) is 2. The summed E-state index contributed by atoms with van der Waals surface area (Å²) in [5.41, 5.74) is 3.18. The molecule has 1 aromatic carbocycles. The summed E-state index contributed by atoms with van der Waals surface area (Å²) >= 11 is 6.02. The lowest BCUT2D eigenvalue weighted by Crippen LogP contribution is -2.14. The summed E-state index contributed by atoms with van der Waals surface area (Å²) in [4.78, 5) is 11.8. The van der Waals surface area contributed by atoms with Gasteiger partial charge in [0, 0.05) is 34.2 Å². The number of nitriles is 1. The van der Waals surface area contributed by atoms with Crippen molar-refractivity contribution in [1.29, 1.82) is 5.26 Å². The van der Waals surface area contributed by atoms with Crippen molar-refractivity contribution in [2.75, 3.05) is 0 Å². The summed E-state index contributed by atoms with van der Waals surface area (Å²) in [6.07, 6.45) is 1.83. The largest absolute Gasteiger partial charge is 0.320 e. The highest BCUT2D eigenvalue weighted by Gasteiger charge is 2.08. The average Bonchev–Trinajstić information content (AvgIpc) is 2.36. The van der Waals surface area contributed by atoms with Gasteiger partial charge < -0.3 is 4.57 Å². The summed E-state index contributed by atoms with van der Waals surface area (Å²) < 4.78 is 1.90. The maximum absolute atomic E-state index is 11.8. The van der Waals surface area contributed by atoms with E-state index in [9.17, 15) is 4.79 Å². The molecule has 1 aromatic heterocycles. The molecule has 0 aliphatic carbocycles. The molecular formula is C15H13ClN2O. The molecule has 0 radical (unpaired) electrons.